The van der Waals surface area contributed by atoms with Crippen molar-refractivity contribution in [2.45, 2.75) is 13.8 Å². The predicted octanol–water partition coefficient (Wildman–Crippen LogP) is 1.41. The normalized spacial score (nSPS) is 47.9. The van der Waals surface area contributed by atoms with E-state index in [0.717, 1.165) is 0 Å². The molecule has 0 saturated heterocycles. The fourth-order valence-corrected chi connectivity index (χ4v) is 0.898. The molecule has 0 bridgehead atoms. The number of nitriles is 1. The molecular formula is C6H9N. The smallest absolute Gasteiger partial charge is 0.0661 e. The Morgan fingerprint density at radius 1 is 1.29 bits per heavy atom. The van der Waals surface area contributed by atoms with Gasteiger partial charge in [-0.05, 0) is 11.8 Å². The summed E-state index contributed by atoms with van der Waals surface area (Å²) in [5.41, 5.74) is 0. The van der Waals surface area contributed by atoms with Gasteiger partial charge in [-0.1, -0.05) is 13.8 Å². The summed E-state index contributed by atoms with van der Waals surface area (Å²) in [5, 5.41) is 8.30. The molecule has 1 saturated carbocycles. The topological polar surface area (TPSA) is 23.8 Å². The molecule has 0 aliphatic heterocycles. The SMILES string of the molecule is CC1C(C)C1C#N. The van der Waals surface area contributed by atoms with E-state index in [1.165, 1.54) is 0 Å². The Morgan fingerprint density at radius 2 is 1.71 bits per heavy atom. The molecule has 7 heavy (non-hydrogen) atoms. The maximum absolute atomic E-state index is 8.30. The first-order valence-corrected chi connectivity index (χ1v) is 2.67. The summed E-state index contributed by atoms with van der Waals surface area (Å²) in [4.78, 5) is 0. The molecule has 1 rings (SSSR count). The first kappa shape index (κ1) is 4.64. The van der Waals surface area contributed by atoms with E-state index >= 15 is 0 Å². The first-order chi connectivity index (χ1) is 3.27. The average molecular weight is 95.1 g/mol. The lowest BCUT2D eigenvalue weighted by Gasteiger charge is -1.65. The van der Waals surface area contributed by atoms with Gasteiger partial charge in [0, 0.05) is 0 Å². The molecule has 0 aromatic carbocycles. The third-order valence-corrected chi connectivity index (χ3v) is 1.97. The largest absolute Gasteiger partial charge is 0.198 e. The number of hydrogen-bond acceptors (Lipinski definition) is 1. The monoisotopic (exact) mass is 95.1 g/mol. The Morgan fingerprint density at radius 3 is 1.71 bits per heavy atom. The Balaban J connectivity index is 2.42. The van der Waals surface area contributed by atoms with Gasteiger partial charge in [-0.3, -0.25) is 0 Å². The summed E-state index contributed by atoms with van der Waals surface area (Å²) in [6, 6.07) is 2.24. The molecule has 0 aromatic rings. The van der Waals surface area contributed by atoms with Crippen LogP contribution in [0.25, 0.3) is 0 Å². The number of hydrogen-bond donors (Lipinski definition) is 0. The van der Waals surface area contributed by atoms with Crippen LogP contribution in [0.3, 0.4) is 0 Å². The van der Waals surface area contributed by atoms with Gasteiger partial charge in [0.25, 0.3) is 0 Å². The number of rotatable bonds is 0. The van der Waals surface area contributed by atoms with E-state index in [9.17, 15) is 0 Å². The van der Waals surface area contributed by atoms with Gasteiger partial charge in [0.2, 0.25) is 0 Å². The zero-order valence-corrected chi connectivity index (χ0v) is 4.68. The molecular weight excluding hydrogens is 86.1 g/mol. The first-order valence-electron chi connectivity index (χ1n) is 2.67. The highest BCUT2D eigenvalue weighted by Crippen LogP contribution is 2.44. The summed E-state index contributed by atoms with van der Waals surface area (Å²) in [6.45, 7) is 4.25. The van der Waals surface area contributed by atoms with E-state index in [-0.39, 0.29) is 0 Å². The minimum Gasteiger partial charge on any atom is -0.198 e. The van der Waals surface area contributed by atoms with Crippen LogP contribution >= 0.6 is 0 Å². The van der Waals surface area contributed by atoms with Crippen LogP contribution in [0.1, 0.15) is 13.8 Å². The molecule has 0 radical (unpaired) electrons. The van der Waals surface area contributed by atoms with Gasteiger partial charge >= 0.3 is 0 Å². The van der Waals surface area contributed by atoms with Crippen molar-refractivity contribution in [1.29, 1.82) is 5.26 Å². The molecule has 0 amide bonds. The highest BCUT2D eigenvalue weighted by Gasteiger charge is 2.42. The Hall–Kier alpha value is -0.510. The van der Waals surface area contributed by atoms with Crippen molar-refractivity contribution >= 4 is 0 Å². The second-order valence-corrected chi connectivity index (χ2v) is 2.37. The van der Waals surface area contributed by atoms with E-state index < -0.39 is 0 Å². The van der Waals surface area contributed by atoms with Crippen molar-refractivity contribution in [1.82, 2.24) is 0 Å². The second kappa shape index (κ2) is 1.23. The summed E-state index contributed by atoms with van der Waals surface area (Å²) in [7, 11) is 0. The molecule has 1 fully saturated rings. The van der Waals surface area contributed by atoms with Crippen LogP contribution in [0.5, 0.6) is 0 Å². The van der Waals surface area contributed by atoms with Crippen LogP contribution in [0, 0.1) is 29.1 Å². The summed E-state index contributed by atoms with van der Waals surface area (Å²) >= 11 is 0. The molecule has 2 atom stereocenters. The van der Waals surface area contributed by atoms with Gasteiger partial charge in [-0.15, -0.1) is 0 Å². The van der Waals surface area contributed by atoms with Crippen molar-refractivity contribution in [2.75, 3.05) is 0 Å². The van der Waals surface area contributed by atoms with Crippen LogP contribution < -0.4 is 0 Å². The van der Waals surface area contributed by atoms with E-state index in [2.05, 4.69) is 19.9 Å². The van der Waals surface area contributed by atoms with Crippen LogP contribution in [0.2, 0.25) is 0 Å². The highest BCUT2D eigenvalue weighted by molar-refractivity contribution is 5.04. The Bertz CT molecular complexity index is 104. The lowest BCUT2D eigenvalue weighted by atomic mass is 10.4. The van der Waals surface area contributed by atoms with Crippen LogP contribution in [0.15, 0.2) is 0 Å². The summed E-state index contributed by atoms with van der Waals surface area (Å²) < 4.78 is 0. The molecule has 0 N–H and O–H groups in total. The molecule has 1 nitrogen and oxygen atoms in total. The highest BCUT2D eigenvalue weighted by atomic mass is 14.5. The molecule has 2 unspecified atom stereocenters. The van der Waals surface area contributed by atoms with E-state index in [1.54, 1.807) is 0 Å². The predicted molar refractivity (Wildman–Crippen MR) is 27.4 cm³/mol. The average Bonchev–Trinajstić information content (AvgIpc) is 2.17. The zero-order chi connectivity index (χ0) is 5.44. The van der Waals surface area contributed by atoms with E-state index in [1.807, 2.05) is 0 Å². The standard InChI is InChI=1S/C6H9N/c1-4-5(2)6(4)3-7/h4-6H,1-2H3. The van der Waals surface area contributed by atoms with Crippen molar-refractivity contribution in [3.63, 3.8) is 0 Å². The van der Waals surface area contributed by atoms with Crippen molar-refractivity contribution < 1.29 is 0 Å². The summed E-state index contributed by atoms with van der Waals surface area (Å²) in [5.74, 6) is 1.72. The molecule has 0 spiro atoms. The van der Waals surface area contributed by atoms with Crippen molar-refractivity contribution in [2.24, 2.45) is 17.8 Å². The minimum atomic E-state index is 0.375. The second-order valence-electron chi connectivity index (χ2n) is 2.37. The van der Waals surface area contributed by atoms with Crippen LogP contribution in [-0.4, -0.2) is 0 Å². The maximum Gasteiger partial charge on any atom is 0.0661 e. The van der Waals surface area contributed by atoms with E-state index in [4.69, 9.17) is 5.26 Å². The van der Waals surface area contributed by atoms with Gasteiger partial charge in [0.1, 0.15) is 0 Å². The molecule has 1 aliphatic carbocycles. The van der Waals surface area contributed by atoms with Gasteiger partial charge in [-0.25, -0.2) is 0 Å². The molecule has 1 aliphatic rings. The summed E-state index contributed by atoms with van der Waals surface area (Å²) in [6.07, 6.45) is 0. The van der Waals surface area contributed by atoms with Gasteiger partial charge in [-0.2, -0.15) is 5.26 Å². The van der Waals surface area contributed by atoms with Gasteiger partial charge in [0.05, 0.1) is 12.0 Å². The lowest BCUT2D eigenvalue weighted by Crippen LogP contribution is -1.65. The van der Waals surface area contributed by atoms with Crippen LogP contribution in [0.4, 0.5) is 0 Å². The maximum atomic E-state index is 8.30. The fourth-order valence-electron chi connectivity index (χ4n) is 0.898. The van der Waals surface area contributed by atoms with Gasteiger partial charge < -0.3 is 0 Å². The Labute approximate surface area is 44.0 Å². The van der Waals surface area contributed by atoms with Gasteiger partial charge in [0.15, 0.2) is 0 Å². The molecule has 0 aromatic heterocycles. The van der Waals surface area contributed by atoms with Crippen molar-refractivity contribution in [3.8, 4) is 6.07 Å². The Kier molecular flexibility index (Phi) is 0.815. The van der Waals surface area contributed by atoms with Crippen LogP contribution in [-0.2, 0) is 0 Å². The zero-order valence-electron chi connectivity index (χ0n) is 4.68. The number of nitrogens with zero attached hydrogens (tertiary/aromatic N) is 1. The molecule has 0 heterocycles. The van der Waals surface area contributed by atoms with Crippen molar-refractivity contribution in [3.05, 3.63) is 0 Å². The lowest BCUT2D eigenvalue weighted by molar-refractivity contribution is 0.834. The molecule has 38 valence electrons. The third kappa shape index (κ3) is 0.507. The molecule has 1 heteroatoms. The fraction of sp³-hybridized carbons (Fsp3) is 0.833. The van der Waals surface area contributed by atoms with E-state index in [0.29, 0.717) is 17.8 Å². The quantitative estimate of drug-likeness (QED) is 0.446. The minimum absolute atomic E-state index is 0.375. The third-order valence-electron chi connectivity index (χ3n) is 1.97.